The first kappa shape index (κ1) is 19.3. The summed E-state index contributed by atoms with van der Waals surface area (Å²) >= 11 is 3.13. The average molecular weight is 435 g/mol. The number of amides is 1. The third-order valence-corrected chi connectivity index (χ3v) is 7.11. The van der Waals surface area contributed by atoms with Gasteiger partial charge in [0.15, 0.2) is 11.0 Å². The summed E-state index contributed by atoms with van der Waals surface area (Å²) in [4.78, 5) is 13.7. The first-order valence-electron chi connectivity index (χ1n) is 10.1. The number of nitrogens with zero attached hydrogens (tertiary/aromatic N) is 3. The third-order valence-electron chi connectivity index (χ3n) is 5.30. The normalized spacial score (nSPS) is 14.7. The van der Waals surface area contributed by atoms with Gasteiger partial charge in [-0.15, -0.1) is 21.5 Å². The summed E-state index contributed by atoms with van der Waals surface area (Å²) in [7, 11) is 0. The van der Waals surface area contributed by atoms with E-state index in [1.165, 1.54) is 22.5 Å². The van der Waals surface area contributed by atoms with Gasteiger partial charge in [-0.2, -0.15) is 0 Å². The maximum absolute atomic E-state index is 12.6. The summed E-state index contributed by atoms with van der Waals surface area (Å²) in [6, 6.07) is 19.1. The molecule has 1 aliphatic carbocycles. The van der Waals surface area contributed by atoms with E-state index in [2.05, 4.69) is 61.9 Å². The zero-order valence-electron chi connectivity index (χ0n) is 16.6. The minimum Gasteiger partial charge on any atom is -0.349 e. The van der Waals surface area contributed by atoms with Crippen LogP contribution in [0.4, 0.5) is 0 Å². The number of fused-ring (bicyclic) bond motifs is 1. The molecule has 0 saturated heterocycles. The number of carbonyl (C=O) groups excluding carboxylic acids is 1. The second kappa shape index (κ2) is 8.24. The Bertz CT molecular complexity index is 1180. The van der Waals surface area contributed by atoms with E-state index in [0.29, 0.717) is 11.8 Å². The Morgan fingerprint density at radius 2 is 2.00 bits per heavy atom. The number of benzene rings is 2. The zero-order chi connectivity index (χ0) is 20.5. The maximum Gasteiger partial charge on any atom is 0.230 e. The molecule has 1 fully saturated rings. The highest BCUT2D eigenvalue weighted by Gasteiger charge is 2.30. The molecule has 0 bridgehead atoms. The van der Waals surface area contributed by atoms with Crippen LogP contribution in [0, 0.1) is 0 Å². The van der Waals surface area contributed by atoms with Crippen molar-refractivity contribution >= 4 is 39.8 Å². The molecule has 1 N–H and O–H groups in total. The van der Waals surface area contributed by atoms with Crippen LogP contribution in [-0.4, -0.2) is 26.4 Å². The standard InChI is InChI=1S/C23H22N4OS2/c1-15(17-9-8-16-5-2-3-6-18(16)13-17)24-21(28)14-30-23-26-25-22(20-7-4-12-29-20)27(23)19-10-11-19/h2-9,12-13,15,19H,10-11,14H2,1H3,(H,24,28)/t15-/m0/s1. The van der Waals surface area contributed by atoms with Crippen LogP contribution < -0.4 is 5.32 Å². The fraction of sp³-hybridized carbons (Fsp3) is 0.261. The van der Waals surface area contributed by atoms with E-state index in [9.17, 15) is 4.79 Å². The van der Waals surface area contributed by atoms with Gasteiger partial charge in [0, 0.05) is 6.04 Å². The van der Waals surface area contributed by atoms with Crippen molar-refractivity contribution in [3.8, 4) is 10.7 Å². The number of thiophene rings is 1. The van der Waals surface area contributed by atoms with Crippen molar-refractivity contribution in [3.05, 3.63) is 65.5 Å². The molecule has 2 aromatic carbocycles. The van der Waals surface area contributed by atoms with E-state index >= 15 is 0 Å². The zero-order valence-corrected chi connectivity index (χ0v) is 18.2. The molecule has 152 valence electrons. The number of hydrogen-bond acceptors (Lipinski definition) is 5. The van der Waals surface area contributed by atoms with E-state index < -0.39 is 0 Å². The lowest BCUT2D eigenvalue weighted by molar-refractivity contribution is -0.119. The predicted octanol–water partition coefficient (Wildman–Crippen LogP) is 5.46. The Hall–Kier alpha value is -2.64. The first-order chi connectivity index (χ1) is 14.7. The smallest absolute Gasteiger partial charge is 0.230 e. The molecule has 0 unspecified atom stereocenters. The summed E-state index contributed by atoms with van der Waals surface area (Å²) in [5.41, 5.74) is 1.10. The molecule has 0 radical (unpaired) electrons. The van der Waals surface area contributed by atoms with Gasteiger partial charge in [0.2, 0.25) is 5.91 Å². The Balaban J connectivity index is 1.25. The molecule has 1 aliphatic rings. The third kappa shape index (κ3) is 4.00. The van der Waals surface area contributed by atoms with Crippen molar-refractivity contribution < 1.29 is 4.79 Å². The Morgan fingerprint density at radius 3 is 2.77 bits per heavy atom. The van der Waals surface area contributed by atoms with Crippen LogP contribution in [-0.2, 0) is 4.79 Å². The maximum atomic E-state index is 12.6. The number of aromatic nitrogens is 3. The van der Waals surface area contributed by atoms with E-state index in [4.69, 9.17) is 0 Å². The molecule has 2 heterocycles. The van der Waals surface area contributed by atoms with Crippen LogP contribution in [0.25, 0.3) is 21.5 Å². The van der Waals surface area contributed by atoms with Crippen molar-refractivity contribution in [3.63, 3.8) is 0 Å². The lowest BCUT2D eigenvalue weighted by Crippen LogP contribution is -2.28. The highest BCUT2D eigenvalue weighted by atomic mass is 32.2. The van der Waals surface area contributed by atoms with Gasteiger partial charge in [-0.1, -0.05) is 54.2 Å². The van der Waals surface area contributed by atoms with Crippen LogP contribution in [0.1, 0.15) is 37.4 Å². The van der Waals surface area contributed by atoms with E-state index in [1.54, 1.807) is 11.3 Å². The largest absolute Gasteiger partial charge is 0.349 e. The molecule has 7 heteroatoms. The lowest BCUT2D eigenvalue weighted by Gasteiger charge is -2.15. The van der Waals surface area contributed by atoms with Gasteiger partial charge >= 0.3 is 0 Å². The summed E-state index contributed by atoms with van der Waals surface area (Å²) in [5, 5.41) is 17.2. The minimum atomic E-state index is -0.0503. The topological polar surface area (TPSA) is 59.8 Å². The molecule has 5 nitrogen and oxygen atoms in total. The van der Waals surface area contributed by atoms with Crippen LogP contribution in [0.15, 0.2) is 65.1 Å². The molecule has 4 aromatic rings. The molecular weight excluding hydrogens is 412 g/mol. The summed E-state index contributed by atoms with van der Waals surface area (Å²) in [6.45, 7) is 2.02. The number of thioether (sulfide) groups is 1. The summed E-state index contributed by atoms with van der Waals surface area (Å²) in [5.74, 6) is 1.25. The average Bonchev–Trinajstić information content (AvgIpc) is 3.28. The van der Waals surface area contributed by atoms with Gasteiger partial charge in [0.05, 0.1) is 16.7 Å². The molecular formula is C23H22N4OS2. The summed E-state index contributed by atoms with van der Waals surface area (Å²) < 4.78 is 2.20. The molecule has 5 rings (SSSR count). The molecule has 30 heavy (non-hydrogen) atoms. The Morgan fingerprint density at radius 1 is 1.17 bits per heavy atom. The van der Waals surface area contributed by atoms with Crippen molar-refractivity contribution in [1.29, 1.82) is 0 Å². The van der Waals surface area contributed by atoms with Gasteiger partial charge in [0.25, 0.3) is 0 Å². The van der Waals surface area contributed by atoms with E-state index in [-0.39, 0.29) is 11.9 Å². The molecule has 1 amide bonds. The van der Waals surface area contributed by atoms with Crippen LogP contribution in [0.5, 0.6) is 0 Å². The number of nitrogens with one attached hydrogen (secondary N) is 1. The first-order valence-corrected chi connectivity index (χ1v) is 12.0. The van der Waals surface area contributed by atoms with Crippen LogP contribution in [0.2, 0.25) is 0 Å². The fourth-order valence-electron chi connectivity index (χ4n) is 3.58. The SMILES string of the molecule is C[C@H](NC(=O)CSc1nnc(-c2cccs2)n1C1CC1)c1ccc2ccccc2c1. The van der Waals surface area contributed by atoms with Crippen molar-refractivity contribution in [1.82, 2.24) is 20.1 Å². The molecule has 0 aliphatic heterocycles. The Kier molecular flexibility index (Phi) is 5.31. The second-order valence-corrected chi connectivity index (χ2v) is 9.46. The highest BCUT2D eigenvalue weighted by Crippen LogP contribution is 2.41. The van der Waals surface area contributed by atoms with E-state index in [0.717, 1.165) is 34.3 Å². The number of hydrogen-bond donors (Lipinski definition) is 1. The fourth-order valence-corrected chi connectivity index (χ4v) is 5.11. The van der Waals surface area contributed by atoms with Crippen LogP contribution in [0.3, 0.4) is 0 Å². The van der Waals surface area contributed by atoms with Gasteiger partial charge in [-0.3, -0.25) is 9.36 Å². The highest BCUT2D eigenvalue weighted by molar-refractivity contribution is 7.99. The second-order valence-electron chi connectivity index (χ2n) is 7.57. The molecule has 1 atom stereocenters. The molecule has 2 aromatic heterocycles. The number of rotatable bonds is 7. The van der Waals surface area contributed by atoms with Crippen molar-refractivity contribution in [2.75, 3.05) is 5.75 Å². The quantitative estimate of drug-likeness (QED) is 0.392. The van der Waals surface area contributed by atoms with Crippen molar-refractivity contribution in [2.24, 2.45) is 0 Å². The molecule has 1 saturated carbocycles. The summed E-state index contributed by atoms with van der Waals surface area (Å²) in [6.07, 6.45) is 2.30. The predicted molar refractivity (Wildman–Crippen MR) is 123 cm³/mol. The van der Waals surface area contributed by atoms with Gasteiger partial charge < -0.3 is 5.32 Å². The van der Waals surface area contributed by atoms with E-state index in [1.807, 2.05) is 25.1 Å². The number of carbonyl (C=O) groups is 1. The van der Waals surface area contributed by atoms with Crippen molar-refractivity contribution in [2.45, 2.75) is 37.0 Å². The minimum absolute atomic E-state index is 0.00341. The van der Waals surface area contributed by atoms with Crippen LogP contribution >= 0.6 is 23.1 Å². The Labute approximate surface area is 183 Å². The monoisotopic (exact) mass is 434 g/mol. The van der Waals surface area contributed by atoms with Gasteiger partial charge in [-0.25, -0.2) is 0 Å². The molecule has 0 spiro atoms. The van der Waals surface area contributed by atoms with Gasteiger partial charge in [0.1, 0.15) is 0 Å². The lowest BCUT2D eigenvalue weighted by atomic mass is 10.0. The van der Waals surface area contributed by atoms with Gasteiger partial charge in [-0.05, 0) is 53.6 Å².